The van der Waals surface area contributed by atoms with Crippen molar-refractivity contribution in [3.63, 3.8) is 0 Å². The van der Waals surface area contributed by atoms with Gasteiger partial charge in [-0.15, -0.1) is 0 Å². The number of amides is 1. The minimum atomic E-state index is 0.0881. The minimum absolute atomic E-state index is 0.0881. The average Bonchev–Trinajstić information content (AvgIpc) is 2.58. The molecule has 116 valence electrons. The number of benzene rings is 2. The Bertz CT molecular complexity index is 747. The fraction of sp³-hybridized carbons (Fsp3) is 0.200. The summed E-state index contributed by atoms with van der Waals surface area (Å²) >= 11 is 0. The molecule has 0 bridgehead atoms. The monoisotopic (exact) mass is 304 g/mol. The third kappa shape index (κ3) is 3.95. The van der Waals surface area contributed by atoms with Crippen LogP contribution in [0.1, 0.15) is 29.5 Å². The molecule has 23 heavy (non-hydrogen) atoms. The predicted molar refractivity (Wildman–Crippen MR) is 93.9 cm³/mol. The highest BCUT2D eigenvalue weighted by atomic mass is 16.2. The van der Waals surface area contributed by atoms with E-state index >= 15 is 0 Å². The molecule has 0 spiro atoms. The van der Waals surface area contributed by atoms with E-state index in [4.69, 9.17) is 0 Å². The molecule has 0 saturated carbocycles. The molecule has 1 amide bonds. The van der Waals surface area contributed by atoms with Crippen LogP contribution in [0, 0.1) is 6.92 Å². The molecule has 3 heteroatoms. The van der Waals surface area contributed by atoms with Gasteiger partial charge in [0.25, 0.3) is 0 Å². The minimum Gasteiger partial charge on any atom is -0.273 e. The van der Waals surface area contributed by atoms with Crippen LogP contribution in [0.3, 0.4) is 0 Å². The third-order valence-corrected chi connectivity index (χ3v) is 3.98. The van der Waals surface area contributed by atoms with Crippen LogP contribution in [0.4, 0.5) is 0 Å². The van der Waals surface area contributed by atoms with E-state index < -0.39 is 0 Å². The van der Waals surface area contributed by atoms with Crippen LogP contribution >= 0.6 is 0 Å². The number of nitrogens with zero attached hydrogens (tertiary/aromatic N) is 2. The van der Waals surface area contributed by atoms with Crippen molar-refractivity contribution in [2.24, 2.45) is 5.10 Å². The number of hydrogen-bond donors (Lipinski definition) is 0. The van der Waals surface area contributed by atoms with Crippen LogP contribution in [0.2, 0.25) is 0 Å². The molecule has 1 aliphatic rings. The Hall–Kier alpha value is -2.68. The lowest BCUT2D eigenvalue weighted by atomic mass is 10.1. The van der Waals surface area contributed by atoms with Crippen LogP contribution in [0.5, 0.6) is 0 Å². The average molecular weight is 304 g/mol. The second-order valence-corrected chi connectivity index (χ2v) is 5.71. The number of aryl methyl sites for hydroxylation is 1. The van der Waals surface area contributed by atoms with Gasteiger partial charge in [-0.3, -0.25) is 4.79 Å². The van der Waals surface area contributed by atoms with Crippen LogP contribution in [0.15, 0.2) is 65.8 Å². The van der Waals surface area contributed by atoms with E-state index in [-0.39, 0.29) is 5.91 Å². The summed E-state index contributed by atoms with van der Waals surface area (Å²) < 4.78 is 0. The van der Waals surface area contributed by atoms with Crippen molar-refractivity contribution in [3.8, 4) is 0 Å². The molecule has 0 radical (unpaired) electrons. The summed E-state index contributed by atoms with van der Waals surface area (Å²) in [4.78, 5) is 12.1. The smallest absolute Gasteiger partial charge is 0.243 e. The van der Waals surface area contributed by atoms with Gasteiger partial charge in [0.1, 0.15) is 0 Å². The van der Waals surface area contributed by atoms with Gasteiger partial charge in [-0.25, -0.2) is 5.01 Å². The highest BCUT2D eigenvalue weighted by molar-refractivity contribution is 6.02. The van der Waals surface area contributed by atoms with E-state index in [1.54, 1.807) is 5.01 Å². The Labute approximate surface area is 136 Å². The highest BCUT2D eigenvalue weighted by Crippen LogP contribution is 2.17. The maximum atomic E-state index is 12.1. The number of rotatable bonds is 4. The number of allylic oxidation sites excluding steroid dienone is 1. The maximum Gasteiger partial charge on any atom is 0.243 e. The molecule has 1 aliphatic heterocycles. The molecule has 3 rings (SSSR count). The van der Waals surface area contributed by atoms with Crippen molar-refractivity contribution < 1.29 is 4.79 Å². The Morgan fingerprint density at radius 1 is 1.00 bits per heavy atom. The van der Waals surface area contributed by atoms with E-state index in [1.807, 2.05) is 48.6 Å². The van der Waals surface area contributed by atoms with Gasteiger partial charge < -0.3 is 0 Å². The lowest BCUT2D eigenvalue weighted by Crippen LogP contribution is -2.30. The second-order valence-electron chi connectivity index (χ2n) is 5.71. The molecule has 0 atom stereocenters. The molecule has 1 heterocycles. The van der Waals surface area contributed by atoms with Gasteiger partial charge in [-0.2, -0.15) is 5.10 Å². The van der Waals surface area contributed by atoms with Gasteiger partial charge in [0.15, 0.2) is 0 Å². The standard InChI is InChI=1S/C20H20N2O/c1-16-7-5-6-10-18(16)15-22-20(23)14-13-19(21-22)12-11-17-8-3-2-4-9-17/h2-12H,13-15H2,1H3. The SMILES string of the molecule is Cc1ccccc1CN1N=C(C=Cc2ccccc2)CCC1=O. The molecule has 0 N–H and O–H groups in total. The number of carbonyl (C=O) groups excluding carboxylic acids is 1. The summed E-state index contributed by atoms with van der Waals surface area (Å²) in [5.41, 5.74) is 4.40. The van der Waals surface area contributed by atoms with Gasteiger partial charge in [0, 0.05) is 12.8 Å². The summed E-state index contributed by atoms with van der Waals surface area (Å²) in [6.45, 7) is 2.60. The molecule has 2 aromatic carbocycles. The summed E-state index contributed by atoms with van der Waals surface area (Å²) in [6, 6.07) is 18.2. The number of hydrogen-bond acceptors (Lipinski definition) is 2. The van der Waals surface area contributed by atoms with Gasteiger partial charge >= 0.3 is 0 Å². The summed E-state index contributed by atoms with van der Waals surface area (Å²) in [5, 5.41) is 6.12. The Balaban J connectivity index is 1.76. The molecule has 2 aromatic rings. The fourth-order valence-corrected chi connectivity index (χ4v) is 2.57. The van der Waals surface area contributed by atoms with E-state index in [9.17, 15) is 4.79 Å². The van der Waals surface area contributed by atoms with Crippen molar-refractivity contribution in [1.29, 1.82) is 0 Å². The van der Waals surface area contributed by atoms with Crippen LogP contribution in [0.25, 0.3) is 6.08 Å². The zero-order valence-corrected chi connectivity index (χ0v) is 13.3. The molecular formula is C20H20N2O. The van der Waals surface area contributed by atoms with Crippen LogP contribution < -0.4 is 0 Å². The van der Waals surface area contributed by atoms with E-state index in [2.05, 4.69) is 30.2 Å². The molecule has 3 nitrogen and oxygen atoms in total. The second kappa shape index (κ2) is 7.05. The topological polar surface area (TPSA) is 32.7 Å². The molecule has 0 aliphatic carbocycles. The molecular weight excluding hydrogens is 284 g/mol. The van der Waals surface area contributed by atoms with Gasteiger partial charge in [-0.05, 0) is 29.7 Å². The predicted octanol–water partition coefficient (Wildman–Crippen LogP) is 4.19. The first-order chi connectivity index (χ1) is 11.2. The first-order valence-electron chi connectivity index (χ1n) is 7.88. The fourth-order valence-electron chi connectivity index (χ4n) is 2.57. The summed E-state index contributed by atoms with van der Waals surface area (Å²) in [6.07, 6.45) is 5.27. The van der Waals surface area contributed by atoms with Crippen LogP contribution in [-0.2, 0) is 11.3 Å². The third-order valence-electron chi connectivity index (χ3n) is 3.98. The molecule has 0 saturated heterocycles. The van der Waals surface area contributed by atoms with E-state index in [0.717, 1.165) is 16.8 Å². The first-order valence-corrected chi connectivity index (χ1v) is 7.88. The normalized spacial score (nSPS) is 15.1. The molecule has 0 fully saturated rings. The lowest BCUT2D eigenvalue weighted by molar-refractivity contribution is -0.132. The van der Waals surface area contributed by atoms with Crippen molar-refractivity contribution in [3.05, 3.63) is 77.4 Å². The molecule has 0 aromatic heterocycles. The van der Waals surface area contributed by atoms with E-state index in [0.29, 0.717) is 19.4 Å². The number of hydrazone groups is 1. The van der Waals surface area contributed by atoms with Gasteiger partial charge in [0.05, 0.1) is 12.3 Å². The summed E-state index contributed by atoms with van der Waals surface area (Å²) in [7, 11) is 0. The van der Waals surface area contributed by atoms with Crippen molar-refractivity contribution in [1.82, 2.24) is 5.01 Å². The lowest BCUT2D eigenvalue weighted by Gasteiger charge is -2.23. The van der Waals surface area contributed by atoms with Crippen molar-refractivity contribution >= 4 is 17.7 Å². The first kappa shape index (κ1) is 15.2. The Kier molecular flexibility index (Phi) is 4.67. The zero-order valence-electron chi connectivity index (χ0n) is 13.3. The maximum absolute atomic E-state index is 12.1. The van der Waals surface area contributed by atoms with Gasteiger partial charge in [-0.1, -0.05) is 60.7 Å². The van der Waals surface area contributed by atoms with Crippen molar-refractivity contribution in [2.75, 3.05) is 0 Å². The van der Waals surface area contributed by atoms with Crippen LogP contribution in [-0.4, -0.2) is 16.6 Å². The summed E-state index contributed by atoms with van der Waals surface area (Å²) in [5.74, 6) is 0.0881. The van der Waals surface area contributed by atoms with E-state index in [1.165, 1.54) is 5.56 Å². The Morgan fingerprint density at radius 2 is 1.74 bits per heavy atom. The largest absolute Gasteiger partial charge is 0.273 e. The highest BCUT2D eigenvalue weighted by Gasteiger charge is 2.19. The number of carbonyl (C=O) groups is 1. The van der Waals surface area contributed by atoms with Crippen molar-refractivity contribution in [2.45, 2.75) is 26.3 Å². The Morgan fingerprint density at radius 3 is 2.52 bits per heavy atom. The quantitative estimate of drug-likeness (QED) is 0.833. The zero-order chi connectivity index (χ0) is 16.1. The van der Waals surface area contributed by atoms with Gasteiger partial charge in [0.2, 0.25) is 5.91 Å². The molecule has 0 unspecified atom stereocenters.